The Labute approximate surface area is 212 Å². The van der Waals surface area contributed by atoms with Gasteiger partial charge in [0.2, 0.25) is 5.95 Å². The summed E-state index contributed by atoms with van der Waals surface area (Å²) in [6.07, 6.45) is 3.01. The molecule has 1 saturated heterocycles. The summed E-state index contributed by atoms with van der Waals surface area (Å²) in [5.74, 6) is 0.927. The van der Waals surface area contributed by atoms with E-state index in [-0.39, 0.29) is 24.8 Å². The molecule has 0 saturated carbocycles. The van der Waals surface area contributed by atoms with Gasteiger partial charge in [0.05, 0.1) is 27.7 Å². The van der Waals surface area contributed by atoms with Crippen molar-refractivity contribution in [2.75, 3.05) is 25.1 Å². The SMILES string of the molecule is CCOCCn1c(N[C@H]2CCN[C@@H](Cc3ccc(Cl)c(Cl)c3)C2)nc2ccccc21.Cl.Cl. The van der Waals surface area contributed by atoms with Gasteiger partial charge in [-0.1, -0.05) is 41.4 Å². The zero-order valence-corrected chi connectivity index (χ0v) is 21.2. The number of nitrogens with zero attached hydrogens (tertiary/aromatic N) is 2. The molecule has 1 aliphatic heterocycles. The molecule has 9 heteroatoms. The lowest BCUT2D eigenvalue weighted by Crippen LogP contribution is -2.44. The van der Waals surface area contributed by atoms with Crippen molar-refractivity contribution in [3.05, 3.63) is 58.1 Å². The number of fused-ring (bicyclic) bond motifs is 1. The van der Waals surface area contributed by atoms with Gasteiger partial charge >= 0.3 is 0 Å². The minimum atomic E-state index is 0. The number of nitrogens with one attached hydrogen (secondary N) is 2. The first-order valence-electron chi connectivity index (χ1n) is 10.6. The minimum absolute atomic E-state index is 0. The highest BCUT2D eigenvalue weighted by Gasteiger charge is 2.23. The Bertz CT molecular complexity index is 997. The Hall–Kier alpha value is -1.21. The summed E-state index contributed by atoms with van der Waals surface area (Å²) in [5.41, 5.74) is 3.35. The summed E-state index contributed by atoms with van der Waals surface area (Å²) in [5, 5.41) is 8.56. The third kappa shape index (κ3) is 6.66. The lowest BCUT2D eigenvalue weighted by molar-refractivity contribution is 0.140. The summed E-state index contributed by atoms with van der Waals surface area (Å²) >= 11 is 12.2. The van der Waals surface area contributed by atoms with Crippen LogP contribution >= 0.6 is 48.0 Å². The number of imidazole rings is 1. The van der Waals surface area contributed by atoms with Crippen LogP contribution in [-0.4, -0.2) is 41.4 Å². The van der Waals surface area contributed by atoms with Crippen LogP contribution in [0.4, 0.5) is 5.95 Å². The molecule has 176 valence electrons. The number of benzene rings is 2. The molecule has 0 spiro atoms. The summed E-state index contributed by atoms with van der Waals surface area (Å²) in [6, 6.07) is 14.9. The monoisotopic (exact) mass is 518 g/mol. The van der Waals surface area contributed by atoms with Gasteiger partial charge in [-0.15, -0.1) is 24.8 Å². The smallest absolute Gasteiger partial charge is 0.204 e. The molecule has 1 aromatic heterocycles. The van der Waals surface area contributed by atoms with Gasteiger partial charge in [-0.05, 0) is 62.6 Å². The van der Waals surface area contributed by atoms with E-state index in [1.54, 1.807) is 0 Å². The molecule has 0 amide bonds. The van der Waals surface area contributed by atoms with E-state index < -0.39 is 0 Å². The zero-order valence-electron chi connectivity index (χ0n) is 18.0. The lowest BCUT2D eigenvalue weighted by atomic mass is 9.94. The molecule has 32 heavy (non-hydrogen) atoms. The fourth-order valence-corrected chi connectivity index (χ4v) is 4.46. The number of hydrogen-bond acceptors (Lipinski definition) is 4. The van der Waals surface area contributed by atoms with Crippen LogP contribution in [0.2, 0.25) is 10.0 Å². The Morgan fingerprint density at radius 2 is 1.97 bits per heavy atom. The van der Waals surface area contributed by atoms with Crippen LogP contribution in [0, 0.1) is 0 Å². The van der Waals surface area contributed by atoms with Crippen LogP contribution in [0.15, 0.2) is 42.5 Å². The molecular weight excluding hydrogens is 490 g/mol. The fourth-order valence-electron chi connectivity index (χ4n) is 4.14. The van der Waals surface area contributed by atoms with E-state index in [0.717, 1.165) is 55.9 Å². The second kappa shape index (κ2) is 12.9. The van der Waals surface area contributed by atoms with Crippen molar-refractivity contribution in [1.82, 2.24) is 14.9 Å². The third-order valence-electron chi connectivity index (χ3n) is 5.61. The minimum Gasteiger partial charge on any atom is -0.380 e. The Morgan fingerprint density at radius 1 is 1.16 bits per heavy atom. The molecular formula is C23H30Cl4N4O. The summed E-state index contributed by atoms with van der Waals surface area (Å²) in [7, 11) is 0. The lowest BCUT2D eigenvalue weighted by Gasteiger charge is -2.31. The highest BCUT2D eigenvalue weighted by Crippen LogP contribution is 2.26. The molecule has 0 aliphatic carbocycles. The van der Waals surface area contributed by atoms with Crippen LogP contribution in [0.1, 0.15) is 25.3 Å². The first-order chi connectivity index (χ1) is 14.6. The highest BCUT2D eigenvalue weighted by atomic mass is 35.5. The number of anilines is 1. The number of piperidine rings is 1. The van der Waals surface area contributed by atoms with Crippen molar-refractivity contribution < 1.29 is 4.74 Å². The quantitative estimate of drug-likeness (QED) is 0.358. The van der Waals surface area contributed by atoms with Crippen LogP contribution in [0.5, 0.6) is 0 Å². The van der Waals surface area contributed by atoms with Gasteiger partial charge in [-0.25, -0.2) is 4.98 Å². The topological polar surface area (TPSA) is 51.1 Å². The molecule has 2 heterocycles. The van der Waals surface area contributed by atoms with E-state index in [1.807, 2.05) is 25.1 Å². The van der Waals surface area contributed by atoms with Gasteiger partial charge in [-0.3, -0.25) is 0 Å². The van der Waals surface area contributed by atoms with E-state index >= 15 is 0 Å². The second-order valence-electron chi connectivity index (χ2n) is 7.74. The summed E-state index contributed by atoms with van der Waals surface area (Å²) in [4.78, 5) is 4.86. The van der Waals surface area contributed by atoms with Gasteiger partial charge < -0.3 is 19.9 Å². The van der Waals surface area contributed by atoms with Gasteiger partial charge in [0.15, 0.2) is 0 Å². The van der Waals surface area contributed by atoms with Crippen molar-refractivity contribution >= 4 is 65.0 Å². The molecule has 2 N–H and O–H groups in total. The molecule has 5 nitrogen and oxygen atoms in total. The van der Waals surface area contributed by atoms with Crippen LogP contribution < -0.4 is 10.6 Å². The zero-order chi connectivity index (χ0) is 20.9. The largest absolute Gasteiger partial charge is 0.380 e. The Morgan fingerprint density at radius 3 is 2.75 bits per heavy atom. The van der Waals surface area contributed by atoms with E-state index in [0.29, 0.717) is 28.7 Å². The van der Waals surface area contributed by atoms with Crippen LogP contribution in [0.25, 0.3) is 11.0 Å². The maximum absolute atomic E-state index is 6.19. The number of aromatic nitrogens is 2. The molecule has 2 aromatic carbocycles. The molecule has 4 rings (SSSR count). The maximum atomic E-state index is 6.19. The predicted octanol–water partition coefficient (Wildman–Crippen LogP) is 6.00. The first kappa shape index (κ1) is 27.0. The van der Waals surface area contributed by atoms with E-state index in [1.165, 1.54) is 5.56 Å². The van der Waals surface area contributed by atoms with Gasteiger partial charge in [0.1, 0.15) is 0 Å². The molecule has 3 aromatic rings. The fraction of sp³-hybridized carbons (Fsp3) is 0.435. The van der Waals surface area contributed by atoms with E-state index in [4.69, 9.17) is 32.9 Å². The van der Waals surface area contributed by atoms with Gasteiger partial charge in [0.25, 0.3) is 0 Å². The van der Waals surface area contributed by atoms with Crippen molar-refractivity contribution in [2.24, 2.45) is 0 Å². The molecule has 0 bridgehead atoms. The Balaban J connectivity index is 0.00000181. The average molecular weight is 520 g/mol. The number of rotatable bonds is 8. The number of hydrogen-bond donors (Lipinski definition) is 2. The third-order valence-corrected chi connectivity index (χ3v) is 6.35. The molecule has 2 atom stereocenters. The van der Waals surface area contributed by atoms with E-state index in [9.17, 15) is 0 Å². The molecule has 0 radical (unpaired) electrons. The highest BCUT2D eigenvalue weighted by molar-refractivity contribution is 6.42. The molecule has 1 aliphatic rings. The number of para-hydroxylation sites is 2. The first-order valence-corrected chi connectivity index (χ1v) is 11.4. The van der Waals surface area contributed by atoms with Crippen LogP contribution in [-0.2, 0) is 17.7 Å². The van der Waals surface area contributed by atoms with Gasteiger partial charge in [0, 0.05) is 25.2 Å². The predicted molar refractivity (Wildman–Crippen MR) is 139 cm³/mol. The standard InChI is InChI=1S/C23H28Cl2N4O.2ClH/c1-2-30-12-11-29-22-6-4-3-5-21(22)28-23(29)27-17-9-10-26-18(15-17)13-16-7-8-19(24)20(25)14-16;;/h3-8,14,17-18,26H,2,9-13,15H2,1H3,(H,27,28);2*1H/t17-,18-;;/m0../s1. The van der Waals surface area contributed by atoms with Gasteiger partial charge in [-0.2, -0.15) is 0 Å². The second-order valence-corrected chi connectivity index (χ2v) is 8.56. The number of ether oxygens (including phenoxy) is 1. The Kier molecular flexibility index (Phi) is 10.9. The van der Waals surface area contributed by atoms with Crippen molar-refractivity contribution in [3.8, 4) is 0 Å². The van der Waals surface area contributed by atoms with Crippen molar-refractivity contribution in [2.45, 2.75) is 44.8 Å². The number of halogens is 4. The summed E-state index contributed by atoms with van der Waals surface area (Å²) in [6.45, 7) is 5.18. The van der Waals surface area contributed by atoms with Crippen LogP contribution in [0.3, 0.4) is 0 Å². The normalized spacial score (nSPS) is 18.1. The maximum Gasteiger partial charge on any atom is 0.204 e. The van der Waals surface area contributed by atoms with E-state index in [2.05, 4.69) is 39.5 Å². The van der Waals surface area contributed by atoms with Crippen molar-refractivity contribution in [3.63, 3.8) is 0 Å². The van der Waals surface area contributed by atoms with Crippen molar-refractivity contribution in [1.29, 1.82) is 0 Å². The summed E-state index contributed by atoms with van der Waals surface area (Å²) < 4.78 is 7.83. The molecule has 1 fully saturated rings. The average Bonchev–Trinajstić information content (AvgIpc) is 3.08. The molecule has 0 unspecified atom stereocenters.